The van der Waals surface area contributed by atoms with Crippen LogP contribution >= 0.6 is 37.3 Å². The molecule has 124 valence electrons. The maximum atomic E-state index is 6.32. The van der Waals surface area contributed by atoms with Gasteiger partial charge in [-0.1, -0.05) is 0 Å². The van der Waals surface area contributed by atoms with Gasteiger partial charge in [-0.3, -0.25) is 0 Å². The van der Waals surface area contributed by atoms with Crippen LogP contribution in [0.2, 0.25) is 0 Å². The summed E-state index contributed by atoms with van der Waals surface area (Å²) in [6, 6.07) is 30.5. The molecule has 0 aromatic heterocycles. The van der Waals surface area contributed by atoms with Gasteiger partial charge >= 0.3 is 158 Å². The predicted octanol–water partition coefficient (Wildman–Crippen LogP) is 5.32. The summed E-state index contributed by atoms with van der Waals surface area (Å²) in [5.41, 5.74) is 0. The standard InChI is InChI=1S/C18H15Cl3NPSe/c19-24(20,21)22-23(16-10-4-1-5-11-16,17-12-6-2-7-13-17)18-14-8-3-9-15-18/h1-15H. The van der Waals surface area contributed by atoms with E-state index in [0.29, 0.717) is 0 Å². The number of hydrogen-bond donors (Lipinski definition) is 0. The van der Waals surface area contributed by atoms with Crippen molar-refractivity contribution in [2.45, 2.75) is 0 Å². The summed E-state index contributed by atoms with van der Waals surface area (Å²) in [4.78, 5) is 0. The van der Waals surface area contributed by atoms with Gasteiger partial charge in [0.15, 0.2) is 0 Å². The zero-order valence-corrected chi connectivity index (χ0v) is 17.5. The molecule has 24 heavy (non-hydrogen) atoms. The molecule has 1 nitrogen and oxygen atoms in total. The van der Waals surface area contributed by atoms with Crippen LogP contribution in [0.4, 0.5) is 0 Å². The summed E-state index contributed by atoms with van der Waals surface area (Å²) in [5.74, 6) is 0. The van der Waals surface area contributed by atoms with Crippen LogP contribution in [0, 0.1) is 0 Å². The van der Waals surface area contributed by atoms with Gasteiger partial charge in [0, 0.05) is 0 Å². The number of halogens is 3. The molecule has 0 bridgehead atoms. The molecule has 0 radical (unpaired) electrons. The minimum atomic E-state index is -3.44. The molecular formula is C18H15Cl3NPSe. The Morgan fingerprint density at radius 2 is 0.833 bits per heavy atom. The SMILES string of the molecule is Cl[Se](Cl)(Cl)N=P(c1ccccc1)(c1ccccc1)c1ccccc1. The summed E-state index contributed by atoms with van der Waals surface area (Å²) in [7, 11) is 13.1. The second-order valence-electron chi connectivity index (χ2n) is 5.11. The van der Waals surface area contributed by atoms with Crippen molar-refractivity contribution in [3.8, 4) is 0 Å². The molecule has 0 aliphatic rings. The molecular weight excluding hydrogens is 446 g/mol. The van der Waals surface area contributed by atoms with E-state index in [2.05, 4.69) is 36.4 Å². The summed E-state index contributed by atoms with van der Waals surface area (Å²) in [5, 5.41) is 3.27. The van der Waals surface area contributed by atoms with Crippen LogP contribution < -0.4 is 15.9 Å². The van der Waals surface area contributed by atoms with Gasteiger partial charge in [-0.25, -0.2) is 0 Å². The zero-order valence-electron chi connectivity index (χ0n) is 12.6. The minimum absolute atomic E-state index is 1.09. The molecule has 0 spiro atoms. The number of nitrogens with zero attached hydrogens (tertiary/aromatic N) is 1. The summed E-state index contributed by atoms with van der Waals surface area (Å²) in [6.07, 6.45) is 0. The van der Waals surface area contributed by atoms with Gasteiger partial charge in [-0.05, 0) is 0 Å². The third-order valence-corrected chi connectivity index (χ3v) is 12.8. The van der Waals surface area contributed by atoms with Crippen molar-refractivity contribution in [1.29, 1.82) is 0 Å². The fraction of sp³-hybridized carbons (Fsp3) is 0. The molecule has 0 aliphatic heterocycles. The summed E-state index contributed by atoms with van der Waals surface area (Å²) in [6.45, 7) is 0. The Hall–Kier alpha value is -0.721. The fourth-order valence-corrected chi connectivity index (χ4v) is 13.8. The van der Waals surface area contributed by atoms with Crippen molar-refractivity contribution in [2.24, 2.45) is 3.76 Å². The van der Waals surface area contributed by atoms with E-state index in [4.69, 9.17) is 34.1 Å². The van der Waals surface area contributed by atoms with E-state index in [1.807, 2.05) is 54.6 Å². The summed E-state index contributed by atoms with van der Waals surface area (Å²) >= 11 is 0. The average molecular weight is 462 g/mol. The van der Waals surface area contributed by atoms with Gasteiger partial charge in [0.05, 0.1) is 0 Å². The molecule has 0 N–H and O–H groups in total. The van der Waals surface area contributed by atoms with Crippen LogP contribution in [-0.4, -0.2) is 10.3 Å². The molecule has 0 saturated carbocycles. The van der Waals surface area contributed by atoms with E-state index in [1.54, 1.807) is 0 Å². The van der Waals surface area contributed by atoms with E-state index in [0.717, 1.165) is 15.9 Å². The van der Waals surface area contributed by atoms with E-state index in [9.17, 15) is 0 Å². The number of hydrogen-bond acceptors (Lipinski definition) is 1. The molecule has 0 fully saturated rings. The van der Waals surface area contributed by atoms with Crippen LogP contribution in [0.5, 0.6) is 0 Å². The molecule has 6 heteroatoms. The molecule has 0 heterocycles. The van der Waals surface area contributed by atoms with Crippen molar-refractivity contribution >= 4 is 63.6 Å². The van der Waals surface area contributed by atoms with Crippen molar-refractivity contribution in [2.75, 3.05) is 0 Å². The van der Waals surface area contributed by atoms with Gasteiger partial charge in [0.1, 0.15) is 0 Å². The Morgan fingerprint density at radius 3 is 1.08 bits per heavy atom. The van der Waals surface area contributed by atoms with Crippen molar-refractivity contribution in [3.63, 3.8) is 0 Å². The van der Waals surface area contributed by atoms with Crippen LogP contribution in [0.3, 0.4) is 0 Å². The van der Waals surface area contributed by atoms with Crippen LogP contribution in [0.15, 0.2) is 94.8 Å². The Labute approximate surface area is 157 Å². The second kappa shape index (κ2) is 7.66. The third kappa shape index (κ3) is 3.91. The first-order valence-corrected chi connectivity index (χ1v) is 16.5. The normalized spacial score (nSPS) is 12.6. The van der Waals surface area contributed by atoms with Crippen molar-refractivity contribution in [3.05, 3.63) is 91.0 Å². The van der Waals surface area contributed by atoms with E-state index >= 15 is 0 Å². The Kier molecular flexibility index (Phi) is 5.77. The van der Waals surface area contributed by atoms with Gasteiger partial charge in [0.2, 0.25) is 0 Å². The quantitative estimate of drug-likeness (QED) is 0.369. The van der Waals surface area contributed by atoms with Gasteiger partial charge < -0.3 is 0 Å². The summed E-state index contributed by atoms with van der Waals surface area (Å²) < 4.78 is 4.91. The van der Waals surface area contributed by atoms with Crippen molar-refractivity contribution < 1.29 is 0 Å². The van der Waals surface area contributed by atoms with Crippen molar-refractivity contribution in [1.82, 2.24) is 0 Å². The predicted molar refractivity (Wildman–Crippen MR) is 111 cm³/mol. The molecule has 3 aromatic carbocycles. The van der Waals surface area contributed by atoms with E-state index in [-0.39, 0.29) is 0 Å². The Bertz CT molecular complexity index is 746. The molecule has 3 rings (SSSR count). The van der Waals surface area contributed by atoms with Gasteiger partial charge in [-0.2, -0.15) is 0 Å². The Morgan fingerprint density at radius 1 is 0.542 bits per heavy atom. The molecule has 0 unspecified atom stereocenters. The molecule has 0 atom stereocenters. The zero-order chi connectivity index (χ0) is 17.0. The number of rotatable bonds is 4. The monoisotopic (exact) mass is 461 g/mol. The molecule has 0 saturated heterocycles. The Balaban J connectivity index is 2.45. The van der Waals surface area contributed by atoms with Gasteiger partial charge in [-0.15, -0.1) is 0 Å². The van der Waals surface area contributed by atoms with Crippen LogP contribution in [0.1, 0.15) is 0 Å². The molecule has 0 aliphatic carbocycles. The fourth-order valence-electron chi connectivity index (χ4n) is 2.66. The van der Waals surface area contributed by atoms with E-state index in [1.165, 1.54) is 0 Å². The van der Waals surface area contributed by atoms with Gasteiger partial charge in [0.25, 0.3) is 0 Å². The first kappa shape index (κ1) is 18.1. The third-order valence-electron chi connectivity index (χ3n) is 3.60. The first-order chi connectivity index (χ1) is 11.5. The maximum absolute atomic E-state index is 6.32. The molecule has 3 aromatic rings. The van der Waals surface area contributed by atoms with Crippen LogP contribution in [-0.2, 0) is 0 Å². The van der Waals surface area contributed by atoms with E-state index < -0.39 is 17.4 Å². The molecule has 0 amide bonds. The first-order valence-electron chi connectivity index (χ1n) is 7.25. The average Bonchev–Trinajstić information content (AvgIpc) is 2.61. The van der Waals surface area contributed by atoms with Crippen LogP contribution in [0.25, 0.3) is 0 Å². The second-order valence-corrected chi connectivity index (χ2v) is 20.1. The number of benzene rings is 3. The topological polar surface area (TPSA) is 12.4 Å².